The van der Waals surface area contributed by atoms with Crippen LogP contribution in [0.1, 0.15) is 388 Å². The van der Waals surface area contributed by atoms with Gasteiger partial charge in [-0.25, -0.2) is 9.13 Å². The standard InChI is InChI=1S/C75H146O17P2/c1-7-10-12-14-15-16-17-18-19-20-21-22-23-26-30-36-41-47-53-59-75(80)92-71(64-86-73(78)58-52-46-40-35-29-27-24-25-28-33-38-44-49-55-67(4)5)66-90-94(83,84)88-62-69(76)61-87-93(81,82)89-65-70(63-85-72(77)57-51-43-13-11-8-2)91-74(79)60-54-48-42-37-32-31-34-39-45-50-56-68(6)9-3/h67-71,76H,7-66H2,1-6H3,(H,81,82)(H,83,84)/t68?,69-,70+,71+/m0/s1. The molecule has 0 fully saturated rings. The molecule has 0 bridgehead atoms. The van der Waals surface area contributed by atoms with Crippen LogP contribution in [0.4, 0.5) is 0 Å². The van der Waals surface area contributed by atoms with Crippen LogP contribution < -0.4 is 0 Å². The molecular formula is C75H146O17P2. The maximum Gasteiger partial charge on any atom is 0.472 e. The Morgan fingerprint density at radius 1 is 0.309 bits per heavy atom. The number of hydrogen-bond acceptors (Lipinski definition) is 15. The summed E-state index contributed by atoms with van der Waals surface area (Å²) < 4.78 is 68.3. The SMILES string of the molecule is CCCCCCCCCCCCCCCCCCCCCC(=O)O[C@H](COC(=O)CCCCCCCCCCCCCCCC(C)C)COP(=O)(O)OC[C@@H](O)COP(=O)(O)OC[C@@H](COC(=O)CCCCCCC)OC(=O)CCCCCCCCCCCCC(C)CC. The third-order valence-electron chi connectivity index (χ3n) is 17.8. The van der Waals surface area contributed by atoms with E-state index in [9.17, 15) is 43.2 Å². The zero-order valence-electron chi connectivity index (χ0n) is 61.3. The second-order valence-electron chi connectivity index (χ2n) is 27.8. The highest BCUT2D eigenvalue weighted by Crippen LogP contribution is 2.45. The van der Waals surface area contributed by atoms with E-state index < -0.39 is 97.5 Å². The number of unbranched alkanes of at least 4 members (excludes halogenated alkanes) is 43. The molecule has 0 aromatic carbocycles. The van der Waals surface area contributed by atoms with Gasteiger partial charge < -0.3 is 33.8 Å². The lowest BCUT2D eigenvalue weighted by Gasteiger charge is -2.21. The molecule has 558 valence electrons. The molecule has 0 radical (unpaired) electrons. The summed E-state index contributed by atoms with van der Waals surface area (Å²) in [5.41, 5.74) is 0. The van der Waals surface area contributed by atoms with Gasteiger partial charge >= 0.3 is 39.5 Å². The van der Waals surface area contributed by atoms with Crippen molar-refractivity contribution in [1.82, 2.24) is 0 Å². The van der Waals surface area contributed by atoms with E-state index in [1.54, 1.807) is 0 Å². The predicted molar refractivity (Wildman–Crippen MR) is 381 cm³/mol. The molecule has 17 nitrogen and oxygen atoms in total. The Bertz CT molecular complexity index is 1820. The highest BCUT2D eigenvalue weighted by molar-refractivity contribution is 7.47. The Labute approximate surface area is 575 Å². The molecule has 19 heteroatoms. The van der Waals surface area contributed by atoms with Crippen molar-refractivity contribution in [2.24, 2.45) is 11.8 Å². The number of aliphatic hydroxyl groups is 1. The van der Waals surface area contributed by atoms with E-state index in [-0.39, 0.29) is 25.7 Å². The summed E-state index contributed by atoms with van der Waals surface area (Å²) in [6, 6.07) is 0. The first kappa shape index (κ1) is 92.1. The molecule has 0 heterocycles. The molecule has 0 aliphatic rings. The summed E-state index contributed by atoms with van der Waals surface area (Å²) in [7, 11) is -9.90. The quantitative estimate of drug-likeness (QED) is 0.0222. The Morgan fingerprint density at radius 2 is 0.543 bits per heavy atom. The average Bonchev–Trinajstić information content (AvgIpc) is 1.30. The number of ether oxygens (including phenoxy) is 4. The van der Waals surface area contributed by atoms with E-state index in [1.165, 1.54) is 199 Å². The summed E-state index contributed by atoms with van der Waals surface area (Å²) >= 11 is 0. The molecule has 3 unspecified atom stereocenters. The van der Waals surface area contributed by atoms with Crippen LogP contribution in [0.2, 0.25) is 0 Å². The van der Waals surface area contributed by atoms with Crippen LogP contribution in [0.3, 0.4) is 0 Å². The fourth-order valence-electron chi connectivity index (χ4n) is 11.4. The number of phosphoric acid groups is 2. The van der Waals surface area contributed by atoms with E-state index in [0.29, 0.717) is 25.7 Å². The van der Waals surface area contributed by atoms with Gasteiger partial charge in [0.2, 0.25) is 0 Å². The third kappa shape index (κ3) is 67.3. The van der Waals surface area contributed by atoms with Gasteiger partial charge in [-0.3, -0.25) is 37.3 Å². The zero-order chi connectivity index (χ0) is 69.3. The monoisotopic (exact) mass is 1380 g/mol. The molecule has 6 atom stereocenters. The van der Waals surface area contributed by atoms with Crippen molar-refractivity contribution < 1.29 is 80.2 Å². The van der Waals surface area contributed by atoms with Crippen molar-refractivity contribution in [1.29, 1.82) is 0 Å². The van der Waals surface area contributed by atoms with Gasteiger partial charge in [-0.1, -0.05) is 337 Å². The van der Waals surface area contributed by atoms with Crippen LogP contribution in [0.5, 0.6) is 0 Å². The maximum atomic E-state index is 13.1. The van der Waals surface area contributed by atoms with Crippen LogP contribution in [0.15, 0.2) is 0 Å². The lowest BCUT2D eigenvalue weighted by molar-refractivity contribution is -0.161. The molecule has 0 saturated carbocycles. The van der Waals surface area contributed by atoms with Crippen LogP contribution in [0.25, 0.3) is 0 Å². The minimum atomic E-state index is -4.95. The molecule has 0 saturated heterocycles. The molecule has 0 spiro atoms. The lowest BCUT2D eigenvalue weighted by Crippen LogP contribution is -2.30. The molecule has 94 heavy (non-hydrogen) atoms. The molecular weight excluding hydrogens is 1230 g/mol. The summed E-state index contributed by atoms with van der Waals surface area (Å²) in [5, 5.41) is 10.6. The molecule has 0 amide bonds. The second kappa shape index (κ2) is 66.9. The van der Waals surface area contributed by atoms with Crippen molar-refractivity contribution in [2.75, 3.05) is 39.6 Å². The summed E-state index contributed by atoms with van der Waals surface area (Å²) in [5.74, 6) is -0.534. The van der Waals surface area contributed by atoms with E-state index in [0.717, 1.165) is 108 Å². The molecule has 0 aliphatic carbocycles. The normalized spacial score (nSPS) is 14.3. The summed E-state index contributed by atoms with van der Waals surface area (Å²) in [6.07, 6.45) is 54.5. The van der Waals surface area contributed by atoms with E-state index >= 15 is 0 Å². The van der Waals surface area contributed by atoms with Crippen LogP contribution >= 0.6 is 15.6 Å². The third-order valence-corrected chi connectivity index (χ3v) is 19.7. The van der Waals surface area contributed by atoms with Gasteiger partial charge in [0.05, 0.1) is 26.4 Å². The second-order valence-corrected chi connectivity index (χ2v) is 30.7. The number of rotatable bonds is 74. The topological polar surface area (TPSA) is 237 Å². The lowest BCUT2D eigenvalue weighted by atomic mass is 9.99. The van der Waals surface area contributed by atoms with Gasteiger partial charge in [0, 0.05) is 25.7 Å². The minimum absolute atomic E-state index is 0.105. The Balaban J connectivity index is 5.15. The molecule has 0 rings (SSSR count). The first-order valence-corrected chi connectivity index (χ1v) is 42.0. The average molecular weight is 1380 g/mol. The number of hydrogen-bond donors (Lipinski definition) is 3. The van der Waals surface area contributed by atoms with Crippen molar-refractivity contribution in [3.63, 3.8) is 0 Å². The Kier molecular flexibility index (Phi) is 65.5. The first-order valence-electron chi connectivity index (χ1n) is 39.0. The van der Waals surface area contributed by atoms with Gasteiger partial charge in [-0.2, -0.15) is 0 Å². The Hall–Kier alpha value is -1.94. The molecule has 3 N–H and O–H groups in total. The van der Waals surface area contributed by atoms with Gasteiger partial charge in [-0.05, 0) is 37.5 Å². The van der Waals surface area contributed by atoms with Crippen molar-refractivity contribution >= 4 is 39.5 Å². The van der Waals surface area contributed by atoms with E-state index in [2.05, 4.69) is 41.5 Å². The predicted octanol–water partition coefficient (Wildman–Crippen LogP) is 21.9. The van der Waals surface area contributed by atoms with Gasteiger partial charge in [0.15, 0.2) is 12.2 Å². The highest BCUT2D eigenvalue weighted by Gasteiger charge is 2.30. The molecule has 0 aromatic rings. The first-order chi connectivity index (χ1) is 45.4. The largest absolute Gasteiger partial charge is 0.472 e. The smallest absolute Gasteiger partial charge is 0.462 e. The molecule has 0 aliphatic heterocycles. The van der Waals surface area contributed by atoms with Crippen LogP contribution in [-0.2, 0) is 65.4 Å². The number of phosphoric ester groups is 2. The zero-order valence-corrected chi connectivity index (χ0v) is 63.1. The molecule has 0 aromatic heterocycles. The number of carbonyl (C=O) groups excluding carboxylic acids is 4. The number of carbonyl (C=O) groups is 4. The van der Waals surface area contributed by atoms with Crippen molar-refractivity contribution in [3.8, 4) is 0 Å². The van der Waals surface area contributed by atoms with Crippen LogP contribution in [0, 0.1) is 11.8 Å². The number of aliphatic hydroxyl groups excluding tert-OH is 1. The maximum absolute atomic E-state index is 13.1. The fourth-order valence-corrected chi connectivity index (χ4v) is 13.0. The highest BCUT2D eigenvalue weighted by atomic mass is 31.2. The minimum Gasteiger partial charge on any atom is -0.462 e. The van der Waals surface area contributed by atoms with Crippen molar-refractivity contribution in [3.05, 3.63) is 0 Å². The summed E-state index contributed by atoms with van der Waals surface area (Å²) in [6.45, 7) is 9.54. The van der Waals surface area contributed by atoms with Gasteiger partial charge in [0.25, 0.3) is 0 Å². The van der Waals surface area contributed by atoms with Crippen LogP contribution in [-0.4, -0.2) is 96.7 Å². The van der Waals surface area contributed by atoms with Gasteiger partial charge in [0.1, 0.15) is 19.3 Å². The van der Waals surface area contributed by atoms with Gasteiger partial charge in [-0.15, -0.1) is 0 Å². The summed E-state index contributed by atoms with van der Waals surface area (Å²) in [4.78, 5) is 72.5. The van der Waals surface area contributed by atoms with Crippen molar-refractivity contribution in [2.45, 2.75) is 407 Å². The fraction of sp³-hybridized carbons (Fsp3) is 0.947. The van der Waals surface area contributed by atoms with E-state index in [1.807, 2.05) is 0 Å². The Morgan fingerprint density at radius 3 is 0.809 bits per heavy atom. The van der Waals surface area contributed by atoms with E-state index in [4.69, 9.17) is 37.0 Å². The number of esters is 4.